The van der Waals surface area contributed by atoms with Crippen LogP contribution in [0, 0.1) is 0 Å². The molecule has 0 bridgehead atoms. The van der Waals surface area contributed by atoms with E-state index in [0.29, 0.717) is 18.8 Å². The molecule has 0 spiro atoms. The molecule has 0 aliphatic heterocycles. The Morgan fingerprint density at radius 1 is 0.512 bits per heavy atom. The van der Waals surface area contributed by atoms with Crippen molar-refractivity contribution in [3.8, 4) is 11.5 Å². The van der Waals surface area contributed by atoms with Crippen LogP contribution in [0.4, 0.5) is 0 Å². The average Bonchev–Trinajstić information content (AvgIpc) is 3.14. The molecule has 0 fully saturated rings. The van der Waals surface area contributed by atoms with Gasteiger partial charge in [0.05, 0.1) is 6.61 Å². The number of carbonyl (C=O) groups is 1. The summed E-state index contributed by atoms with van der Waals surface area (Å²) in [6.07, 6.45) is 32.7. The molecule has 0 amide bonds. The molecule has 4 nitrogen and oxygen atoms in total. The lowest BCUT2D eigenvalue weighted by molar-refractivity contribution is -0.134. The third-order valence-corrected chi connectivity index (χ3v) is 8.02. The second-order valence-corrected chi connectivity index (χ2v) is 12.0. The summed E-state index contributed by atoms with van der Waals surface area (Å²) >= 11 is 0. The molecule has 0 saturated carbocycles. The number of carbonyl (C=O) groups excluding carboxylic acids is 1. The Bertz CT molecular complexity index is 791. The van der Waals surface area contributed by atoms with Crippen molar-refractivity contribution in [3.05, 3.63) is 34.5 Å². The van der Waals surface area contributed by atoms with Crippen molar-refractivity contribution in [1.82, 2.24) is 0 Å². The van der Waals surface area contributed by atoms with Crippen LogP contribution < -0.4 is 14.9 Å². The SMILES string of the molecule is CCCCCCCCCCCCCCCCCCOc1ccc(OC(=O)CCCCCCCCCCC)c(=O)cc1. The molecule has 236 valence electrons. The predicted octanol–water partition coefficient (Wildman–Crippen LogP) is 11.5. The molecule has 0 unspecified atom stereocenters. The molecule has 0 N–H and O–H groups in total. The van der Waals surface area contributed by atoms with Gasteiger partial charge in [0.25, 0.3) is 0 Å². The highest BCUT2D eigenvalue weighted by atomic mass is 16.5. The van der Waals surface area contributed by atoms with Gasteiger partial charge in [-0.2, -0.15) is 0 Å². The van der Waals surface area contributed by atoms with Gasteiger partial charge in [-0.1, -0.05) is 162 Å². The first-order chi connectivity index (χ1) is 20.2. The maximum atomic E-state index is 12.3. The predicted molar refractivity (Wildman–Crippen MR) is 175 cm³/mol. The van der Waals surface area contributed by atoms with Crippen LogP contribution in [-0.2, 0) is 4.79 Å². The summed E-state index contributed by atoms with van der Waals surface area (Å²) in [5, 5.41) is 0. The zero-order valence-corrected chi connectivity index (χ0v) is 27.0. The van der Waals surface area contributed by atoms with Gasteiger partial charge in [0.15, 0.2) is 5.75 Å². The fourth-order valence-corrected chi connectivity index (χ4v) is 5.31. The standard InChI is InChI=1S/C37H64O4/c1-3-5-7-9-11-13-14-15-16-17-18-19-21-23-25-27-33-40-34-29-31-35(38)36(32-30-34)41-37(39)28-26-24-22-20-12-10-8-6-4-2/h29-32H,3-28,33H2,1-2H3. The Kier molecular flexibility index (Phi) is 25.7. The Labute approximate surface area is 253 Å². The second kappa shape index (κ2) is 28.3. The Balaban J connectivity index is 2.03. The quantitative estimate of drug-likeness (QED) is 0.0707. The van der Waals surface area contributed by atoms with Crippen LogP contribution in [0.15, 0.2) is 29.1 Å². The van der Waals surface area contributed by atoms with Crippen LogP contribution >= 0.6 is 0 Å². The summed E-state index contributed by atoms with van der Waals surface area (Å²) in [5.41, 5.74) is -0.289. The first kappa shape index (κ1) is 37.2. The molecule has 1 aromatic carbocycles. The van der Waals surface area contributed by atoms with Crippen LogP contribution in [-0.4, -0.2) is 12.6 Å². The van der Waals surface area contributed by atoms with E-state index < -0.39 is 0 Å². The molecule has 0 aliphatic rings. The number of esters is 1. The third kappa shape index (κ3) is 23.4. The third-order valence-electron chi connectivity index (χ3n) is 8.02. The molecule has 0 aromatic heterocycles. The number of rotatable bonds is 29. The summed E-state index contributed by atoms with van der Waals surface area (Å²) < 4.78 is 11.2. The minimum atomic E-state index is -0.327. The molecule has 1 rings (SSSR count). The molecule has 0 saturated heterocycles. The van der Waals surface area contributed by atoms with Crippen molar-refractivity contribution in [1.29, 1.82) is 0 Å². The topological polar surface area (TPSA) is 52.6 Å². The van der Waals surface area contributed by atoms with Gasteiger partial charge in [-0.25, -0.2) is 0 Å². The van der Waals surface area contributed by atoms with E-state index in [1.807, 2.05) is 0 Å². The van der Waals surface area contributed by atoms with E-state index in [-0.39, 0.29) is 17.1 Å². The first-order valence-corrected chi connectivity index (χ1v) is 17.6. The summed E-state index contributed by atoms with van der Waals surface area (Å²) in [5.74, 6) is 0.402. The van der Waals surface area contributed by atoms with E-state index in [4.69, 9.17) is 9.47 Å². The second-order valence-electron chi connectivity index (χ2n) is 12.0. The van der Waals surface area contributed by atoms with Crippen LogP contribution in [0.5, 0.6) is 11.5 Å². The molecule has 0 heterocycles. The van der Waals surface area contributed by atoms with Gasteiger partial charge in [0.1, 0.15) is 5.75 Å². The van der Waals surface area contributed by atoms with Crippen LogP contribution in [0.25, 0.3) is 0 Å². The zero-order valence-electron chi connectivity index (χ0n) is 27.0. The lowest BCUT2D eigenvalue weighted by Gasteiger charge is -2.05. The Morgan fingerprint density at radius 3 is 1.37 bits per heavy atom. The molecular weight excluding hydrogens is 508 g/mol. The first-order valence-electron chi connectivity index (χ1n) is 17.6. The van der Waals surface area contributed by atoms with Crippen molar-refractivity contribution in [2.24, 2.45) is 0 Å². The molecular formula is C37H64O4. The van der Waals surface area contributed by atoms with E-state index in [1.54, 1.807) is 18.2 Å². The maximum Gasteiger partial charge on any atom is 0.311 e. The fraction of sp³-hybridized carbons (Fsp3) is 0.784. The van der Waals surface area contributed by atoms with Gasteiger partial charge in [-0.3, -0.25) is 9.59 Å². The number of ether oxygens (including phenoxy) is 2. The largest absolute Gasteiger partial charge is 0.494 e. The van der Waals surface area contributed by atoms with E-state index in [2.05, 4.69) is 13.8 Å². The van der Waals surface area contributed by atoms with Gasteiger partial charge < -0.3 is 9.47 Å². The van der Waals surface area contributed by atoms with Crippen molar-refractivity contribution < 1.29 is 14.3 Å². The Hall–Kier alpha value is -1.84. The summed E-state index contributed by atoms with van der Waals surface area (Å²) in [4.78, 5) is 24.5. The van der Waals surface area contributed by atoms with Crippen LogP contribution in [0.1, 0.15) is 181 Å². The number of unbranched alkanes of at least 4 members (excludes halogenated alkanes) is 23. The average molecular weight is 573 g/mol. The number of hydrogen-bond acceptors (Lipinski definition) is 4. The molecule has 4 heteroatoms. The van der Waals surface area contributed by atoms with Gasteiger partial charge in [0.2, 0.25) is 5.43 Å². The maximum absolute atomic E-state index is 12.3. The highest BCUT2D eigenvalue weighted by Gasteiger charge is 2.08. The van der Waals surface area contributed by atoms with Gasteiger partial charge >= 0.3 is 5.97 Å². The van der Waals surface area contributed by atoms with Gasteiger partial charge in [-0.15, -0.1) is 0 Å². The highest BCUT2D eigenvalue weighted by molar-refractivity contribution is 5.72. The lowest BCUT2D eigenvalue weighted by Crippen LogP contribution is -2.12. The minimum absolute atomic E-state index is 0.0863. The molecule has 41 heavy (non-hydrogen) atoms. The van der Waals surface area contributed by atoms with Crippen LogP contribution in [0.3, 0.4) is 0 Å². The molecule has 0 aliphatic carbocycles. The van der Waals surface area contributed by atoms with Crippen molar-refractivity contribution in [3.63, 3.8) is 0 Å². The van der Waals surface area contributed by atoms with E-state index in [0.717, 1.165) is 25.7 Å². The molecule has 1 aromatic rings. The van der Waals surface area contributed by atoms with Gasteiger partial charge in [0, 0.05) is 6.42 Å². The van der Waals surface area contributed by atoms with E-state index in [1.165, 1.54) is 141 Å². The van der Waals surface area contributed by atoms with E-state index >= 15 is 0 Å². The normalized spacial score (nSPS) is 11.1. The van der Waals surface area contributed by atoms with Crippen molar-refractivity contribution in [2.75, 3.05) is 6.61 Å². The Morgan fingerprint density at radius 2 is 0.902 bits per heavy atom. The molecule has 0 atom stereocenters. The smallest absolute Gasteiger partial charge is 0.311 e. The fourth-order valence-electron chi connectivity index (χ4n) is 5.31. The molecule has 0 radical (unpaired) electrons. The lowest BCUT2D eigenvalue weighted by atomic mass is 10.0. The minimum Gasteiger partial charge on any atom is -0.494 e. The zero-order chi connectivity index (χ0) is 29.6. The van der Waals surface area contributed by atoms with Crippen molar-refractivity contribution in [2.45, 2.75) is 181 Å². The van der Waals surface area contributed by atoms with Crippen molar-refractivity contribution >= 4 is 5.97 Å². The van der Waals surface area contributed by atoms with E-state index in [9.17, 15) is 9.59 Å². The summed E-state index contributed by atoms with van der Waals surface area (Å²) in [6.45, 7) is 5.16. The number of hydrogen-bond donors (Lipinski definition) is 0. The summed E-state index contributed by atoms with van der Waals surface area (Å²) in [7, 11) is 0. The van der Waals surface area contributed by atoms with Gasteiger partial charge in [-0.05, 0) is 37.1 Å². The summed E-state index contributed by atoms with van der Waals surface area (Å²) in [6, 6.07) is 6.41. The highest BCUT2D eigenvalue weighted by Crippen LogP contribution is 2.16. The van der Waals surface area contributed by atoms with Crippen LogP contribution in [0.2, 0.25) is 0 Å². The monoisotopic (exact) mass is 572 g/mol.